The van der Waals surface area contributed by atoms with Crippen molar-refractivity contribution in [3.8, 4) is 0 Å². The molecule has 104 valence electrons. The minimum absolute atomic E-state index is 0.106. The van der Waals surface area contributed by atoms with E-state index in [4.69, 9.17) is 11.5 Å². The summed E-state index contributed by atoms with van der Waals surface area (Å²) in [6.07, 6.45) is 0.312. The van der Waals surface area contributed by atoms with Crippen LogP contribution in [0.2, 0.25) is 0 Å². The summed E-state index contributed by atoms with van der Waals surface area (Å²) in [4.78, 5) is 23.4. The van der Waals surface area contributed by atoms with E-state index >= 15 is 0 Å². The highest BCUT2D eigenvalue weighted by Gasteiger charge is 2.12. The van der Waals surface area contributed by atoms with Crippen LogP contribution in [0.3, 0.4) is 0 Å². The predicted molar refractivity (Wildman–Crippen MR) is 77.8 cm³/mol. The van der Waals surface area contributed by atoms with Crippen molar-refractivity contribution >= 4 is 29.3 Å². The van der Waals surface area contributed by atoms with Crippen molar-refractivity contribution in [2.45, 2.75) is 18.2 Å². The molecule has 0 fully saturated rings. The zero-order valence-corrected chi connectivity index (χ0v) is 11.7. The third-order valence-electron chi connectivity index (χ3n) is 2.55. The average molecular weight is 281 g/mol. The van der Waals surface area contributed by atoms with E-state index in [2.05, 4.69) is 5.32 Å². The normalized spacial score (nSPS) is 11.9. The van der Waals surface area contributed by atoms with Gasteiger partial charge in [0.25, 0.3) is 0 Å². The quantitative estimate of drug-likeness (QED) is 0.654. The van der Waals surface area contributed by atoms with E-state index in [0.717, 1.165) is 10.6 Å². The highest BCUT2D eigenvalue weighted by Crippen LogP contribution is 2.27. The zero-order valence-electron chi connectivity index (χ0n) is 10.9. The number of para-hydroxylation sites is 1. The summed E-state index contributed by atoms with van der Waals surface area (Å²) in [6.45, 7) is 2.08. The van der Waals surface area contributed by atoms with Gasteiger partial charge in [-0.2, -0.15) is 0 Å². The predicted octanol–water partition coefficient (Wildman–Crippen LogP) is 1.19. The van der Waals surface area contributed by atoms with Crippen LogP contribution in [-0.4, -0.2) is 24.1 Å². The van der Waals surface area contributed by atoms with Gasteiger partial charge in [-0.15, -0.1) is 11.8 Å². The summed E-state index contributed by atoms with van der Waals surface area (Å²) in [5.74, 6) is -0.0748. The third-order valence-corrected chi connectivity index (χ3v) is 3.63. The molecule has 5 nitrogen and oxygen atoms in total. The van der Waals surface area contributed by atoms with Crippen molar-refractivity contribution < 1.29 is 9.59 Å². The Kier molecular flexibility index (Phi) is 6.38. The first-order valence-electron chi connectivity index (χ1n) is 6.05. The number of hydrogen-bond acceptors (Lipinski definition) is 4. The second kappa shape index (κ2) is 7.81. The van der Waals surface area contributed by atoms with Crippen molar-refractivity contribution in [3.05, 3.63) is 24.3 Å². The molecule has 2 amide bonds. The standard InChI is InChI=1S/C13H19N3O2S/c1-9(8-14)13(18)16-10-4-2-3-5-11(10)19-7-6-12(15)17/h2-5,9H,6-8,14H2,1H3,(H2,15,17)(H,16,18). The molecule has 0 aliphatic carbocycles. The summed E-state index contributed by atoms with van der Waals surface area (Å²) in [7, 11) is 0. The maximum atomic E-state index is 11.8. The molecule has 1 rings (SSSR count). The minimum atomic E-state index is -0.328. The number of thioether (sulfide) groups is 1. The van der Waals surface area contributed by atoms with Gasteiger partial charge in [0.15, 0.2) is 0 Å². The van der Waals surface area contributed by atoms with Gasteiger partial charge < -0.3 is 16.8 Å². The van der Waals surface area contributed by atoms with Crippen molar-refractivity contribution in [1.29, 1.82) is 0 Å². The Morgan fingerprint density at radius 1 is 1.37 bits per heavy atom. The van der Waals surface area contributed by atoms with Crippen molar-refractivity contribution in [2.24, 2.45) is 17.4 Å². The van der Waals surface area contributed by atoms with E-state index in [0.29, 0.717) is 18.7 Å². The van der Waals surface area contributed by atoms with Crippen LogP contribution in [0.5, 0.6) is 0 Å². The topological polar surface area (TPSA) is 98.2 Å². The van der Waals surface area contributed by atoms with Crippen LogP contribution in [0, 0.1) is 5.92 Å². The molecule has 0 bridgehead atoms. The second-order valence-electron chi connectivity index (χ2n) is 4.19. The Morgan fingerprint density at radius 2 is 2.05 bits per heavy atom. The molecule has 0 heterocycles. The summed E-state index contributed by atoms with van der Waals surface area (Å²) < 4.78 is 0. The van der Waals surface area contributed by atoms with Crippen LogP contribution in [0.15, 0.2) is 29.2 Å². The van der Waals surface area contributed by atoms with Crippen molar-refractivity contribution in [3.63, 3.8) is 0 Å². The molecular weight excluding hydrogens is 262 g/mol. The number of carbonyl (C=O) groups is 2. The molecule has 0 saturated carbocycles. The zero-order chi connectivity index (χ0) is 14.3. The Morgan fingerprint density at radius 3 is 2.68 bits per heavy atom. The highest BCUT2D eigenvalue weighted by atomic mass is 32.2. The molecule has 5 N–H and O–H groups in total. The second-order valence-corrected chi connectivity index (χ2v) is 5.32. The van der Waals surface area contributed by atoms with Gasteiger partial charge in [-0.1, -0.05) is 19.1 Å². The van der Waals surface area contributed by atoms with E-state index in [1.165, 1.54) is 11.8 Å². The first kappa shape index (κ1) is 15.5. The number of nitrogens with one attached hydrogen (secondary N) is 1. The number of amides is 2. The lowest BCUT2D eigenvalue weighted by atomic mass is 10.1. The first-order chi connectivity index (χ1) is 9.04. The summed E-state index contributed by atoms with van der Waals surface area (Å²) in [5, 5.41) is 2.84. The Hall–Kier alpha value is -1.53. The van der Waals surface area contributed by atoms with Crippen LogP contribution in [0.4, 0.5) is 5.69 Å². The highest BCUT2D eigenvalue weighted by molar-refractivity contribution is 7.99. The van der Waals surface area contributed by atoms with Gasteiger partial charge in [0, 0.05) is 29.5 Å². The molecular formula is C13H19N3O2S. The molecule has 0 aromatic heterocycles. The van der Waals surface area contributed by atoms with E-state index in [-0.39, 0.29) is 17.7 Å². The van der Waals surface area contributed by atoms with Crippen LogP contribution in [0.25, 0.3) is 0 Å². The average Bonchev–Trinajstić information content (AvgIpc) is 2.39. The first-order valence-corrected chi connectivity index (χ1v) is 7.04. The van der Waals surface area contributed by atoms with Crippen LogP contribution < -0.4 is 16.8 Å². The van der Waals surface area contributed by atoms with Gasteiger partial charge in [0.2, 0.25) is 11.8 Å². The smallest absolute Gasteiger partial charge is 0.228 e. The molecule has 0 radical (unpaired) electrons. The molecule has 19 heavy (non-hydrogen) atoms. The number of carbonyl (C=O) groups excluding carboxylic acids is 2. The number of rotatable bonds is 7. The van der Waals surface area contributed by atoms with E-state index in [1.807, 2.05) is 24.3 Å². The fraction of sp³-hybridized carbons (Fsp3) is 0.385. The number of anilines is 1. The molecule has 1 unspecified atom stereocenters. The van der Waals surface area contributed by atoms with Crippen LogP contribution in [0.1, 0.15) is 13.3 Å². The van der Waals surface area contributed by atoms with Crippen molar-refractivity contribution in [1.82, 2.24) is 0 Å². The fourth-order valence-electron chi connectivity index (χ4n) is 1.32. The van der Waals surface area contributed by atoms with Crippen LogP contribution >= 0.6 is 11.8 Å². The molecule has 0 aliphatic heterocycles. The summed E-state index contributed by atoms with van der Waals surface area (Å²) in [5.41, 5.74) is 11.3. The third kappa shape index (κ3) is 5.32. The lowest BCUT2D eigenvalue weighted by Crippen LogP contribution is -2.26. The van der Waals surface area contributed by atoms with E-state index < -0.39 is 0 Å². The van der Waals surface area contributed by atoms with Crippen LogP contribution in [-0.2, 0) is 9.59 Å². The number of benzene rings is 1. The van der Waals surface area contributed by atoms with Gasteiger partial charge in [-0.3, -0.25) is 9.59 Å². The van der Waals surface area contributed by atoms with E-state index in [1.54, 1.807) is 6.92 Å². The van der Waals surface area contributed by atoms with Gasteiger partial charge in [0.05, 0.1) is 5.69 Å². The Labute approximate surface area is 117 Å². The monoisotopic (exact) mass is 281 g/mol. The van der Waals surface area contributed by atoms with Gasteiger partial charge in [0.1, 0.15) is 0 Å². The lowest BCUT2D eigenvalue weighted by Gasteiger charge is -2.13. The largest absolute Gasteiger partial charge is 0.370 e. The summed E-state index contributed by atoms with van der Waals surface area (Å²) in [6, 6.07) is 7.46. The number of hydrogen-bond donors (Lipinski definition) is 3. The van der Waals surface area contributed by atoms with Gasteiger partial charge in [-0.25, -0.2) is 0 Å². The molecule has 1 aromatic rings. The van der Waals surface area contributed by atoms with Crippen molar-refractivity contribution in [2.75, 3.05) is 17.6 Å². The molecule has 0 aliphatic rings. The summed E-state index contributed by atoms with van der Waals surface area (Å²) >= 11 is 1.49. The van der Waals surface area contributed by atoms with E-state index in [9.17, 15) is 9.59 Å². The minimum Gasteiger partial charge on any atom is -0.370 e. The number of nitrogens with two attached hydrogens (primary N) is 2. The molecule has 6 heteroatoms. The van der Waals surface area contributed by atoms with Gasteiger partial charge in [-0.05, 0) is 12.1 Å². The molecule has 0 saturated heterocycles. The maximum absolute atomic E-state index is 11.8. The van der Waals surface area contributed by atoms with Gasteiger partial charge >= 0.3 is 0 Å². The maximum Gasteiger partial charge on any atom is 0.228 e. The Balaban J connectivity index is 2.67. The molecule has 1 atom stereocenters. The lowest BCUT2D eigenvalue weighted by molar-refractivity contribution is -0.119. The molecule has 1 aromatic carbocycles. The SMILES string of the molecule is CC(CN)C(=O)Nc1ccccc1SCCC(N)=O. The Bertz CT molecular complexity index is 451. The number of primary amides is 1. The fourth-order valence-corrected chi connectivity index (χ4v) is 2.29. The molecule has 0 spiro atoms.